The molecule has 0 heterocycles. The maximum Gasteiger partial charge on any atom is 0.418 e. The lowest BCUT2D eigenvalue weighted by Crippen LogP contribution is -2.29. The van der Waals surface area contributed by atoms with Gasteiger partial charge in [-0.05, 0) is 6.92 Å². The monoisotopic (exact) mass is 191 g/mol. The standard InChI is InChI=1S/C7H11O6/c1-5(12-4-8)6(9)13-7(10-2)11-3/h5,7H,1-3H3. The summed E-state index contributed by atoms with van der Waals surface area (Å²) in [7, 11) is 2.61. The molecule has 0 saturated heterocycles. The summed E-state index contributed by atoms with van der Waals surface area (Å²) in [5.74, 6) is -0.767. The van der Waals surface area contributed by atoms with E-state index in [1.807, 2.05) is 0 Å². The van der Waals surface area contributed by atoms with E-state index in [2.05, 4.69) is 18.9 Å². The van der Waals surface area contributed by atoms with Crippen LogP contribution < -0.4 is 0 Å². The summed E-state index contributed by atoms with van der Waals surface area (Å²) < 4.78 is 17.9. The summed E-state index contributed by atoms with van der Waals surface area (Å²) >= 11 is 0. The van der Waals surface area contributed by atoms with Crippen molar-refractivity contribution >= 4 is 12.4 Å². The molecular weight excluding hydrogens is 180 g/mol. The van der Waals surface area contributed by atoms with Gasteiger partial charge in [0.25, 0.3) is 0 Å². The van der Waals surface area contributed by atoms with E-state index in [0.29, 0.717) is 0 Å². The van der Waals surface area contributed by atoms with E-state index in [0.717, 1.165) is 6.47 Å². The van der Waals surface area contributed by atoms with Crippen molar-refractivity contribution in [1.29, 1.82) is 0 Å². The van der Waals surface area contributed by atoms with Gasteiger partial charge in [-0.15, -0.1) is 0 Å². The molecule has 75 valence electrons. The maximum atomic E-state index is 11.0. The van der Waals surface area contributed by atoms with Gasteiger partial charge in [-0.25, -0.2) is 9.59 Å². The second-order valence-corrected chi connectivity index (χ2v) is 2.04. The van der Waals surface area contributed by atoms with Gasteiger partial charge in [-0.2, -0.15) is 0 Å². The molecule has 0 aromatic rings. The lowest BCUT2D eigenvalue weighted by molar-refractivity contribution is -0.258. The molecular formula is C7H11O6. The van der Waals surface area contributed by atoms with Crippen LogP contribution in [0.15, 0.2) is 0 Å². The molecule has 0 aliphatic carbocycles. The average Bonchev–Trinajstić information content (AvgIpc) is 2.14. The highest BCUT2D eigenvalue weighted by atomic mass is 16.8. The van der Waals surface area contributed by atoms with Gasteiger partial charge in [0.1, 0.15) is 0 Å². The van der Waals surface area contributed by atoms with Crippen LogP contribution in [0.1, 0.15) is 6.92 Å². The molecule has 0 spiro atoms. The molecule has 0 N–H and O–H groups in total. The third-order valence-electron chi connectivity index (χ3n) is 1.15. The zero-order chi connectivity index (χ0) is 10.3. The number of hydrogen-bond acceptors (Lipinski definition) is 6. The van der Waals surface area contributed by atoms with Crippen LogP contribution in [0.5, 0.6) is 0 Å². The first-order valence-electron chi connectivity index (χ1n) is 3.44. The lowest BCUT2D eigenvalue weighted by atomic mass is 10.4. The quantitative estimate of drug-likeness (QED) is 0.419. The van der Waals surface area contributed by atoms with Crippen LogP contribution in [0.25, 0.3) is 0 Å². The molecule has 0 aliphatic rings. The molecule has 0 fully saturated rings. The van der Waals surface area contributed by atoms with E-state index in [1.165, 1.54) is 21.1 Å². The van der Waals surface area contributed by atoms with Gasteiger partial charge in [0.2, 0.25) is 0 Å². The fourth-order valence-electron chi connectivity index (χ4n) is 0.503. The third kappa shape index (κ3) is 4.44. The number of hydrogen-bond donors (Lipinski definition) is 0. The van der Waals surface area contributed by atoms with Crippen molar-refractivity contribution in [2.24, 2.45) is 0 Å². The van der Waals surface area contributed by atoms with Gasteiger partial charge in [0, 0.05) is 14.2 Å². The maximum absolute atomic E-state index is 11.0. The van der Waals surface area contributed by atoms with Gasteiger partial charge in [-0.3, -0.25) is 0 Å². The Kier molecular flexibility index (Phi) is 5.82. The fraction of sp³-hybridized carbons (Fsp3) is 0.714. The van der Waals surface area contributed by atoms with E-state index in [4.69, 9.17) is 0 Å². The van der Waals surface area contributed by atoms with Crippen LogP contribution in [-0.4, -0.2) is 39.2 Å². The molecule has 0 aromatic heterocycles. The largest absolute Gasteiger partial charge is 0.442 e. The first kappa shape index (κ1) is 11.9. The Bertz CT molecular complexity index is 164. The Hall–Kier alpha value is -1.14. The summed E-state index contributed by atoms with van der Waals surface area (Å²) in [5.41, 5.74) is 0. The second-order valence-electron chi connectivity index (χ2n) is 2.04. The highest BCUT2D eigenvalue weighted by Crippen LogP contribution is 1.99. The predicted molar refractivity (Wildman–Crippen MR) is 40.1 cm³/mol. The molecule has 1 atom stereocenters. The van der Waals surface area contributed by atoms with Crippen molar-refractivity contribution < 1.29 is 28.5 Å². The molecule has 0 rings (SSSR count). The molecule has 1 radical (unpaired) electrons. The van der Waals surface area contributed by atoms with Crippen LogP contribution in [0.3, 0.4) is 0 Å². The van der Waals surface area contributed by atoms with Gasteiger partial charge in [0.05, 0.1) is 0 Å². The van der Waals surface area contributed by atoms with E-state index in [9.17, 15) is 9.59 Å². The third-order valence-corrected chi connectivity index (χ3v) is 1.15. The van der Waals surface area contributed by atoms with Gasteiger partial charge < -0.3 is 18.9 Å². The Morgan fingerprint density at radius 3 is 2.23 bits per heavy atom. The highest BCUT2D eigenvalue weighted by molar-refractivity contribution is 5.75. The van der Waals surface area contributed by atoms with Gasteiger partial charge >= 0.3 is 18.9 Å². The minimum atomic E-state index is -1.09. The van der Waals surface area contributed by atoms with Crippen molar-refractivity contribution in [2.45, 2.75) is 19.5 Å². The fourth-order valence-corrected chi connectivity index (χ4v) is 0.503. The summed E-state index contributed by atoms with van der Waals surface area (Å²) in [6.45, 7) is 1.38. The Morgan fingerprint density at radius 2 is 1.85 bits per heavy atom. The lowest BCUT2D eigenvalue weighted by Gasteiger charge is -2.15. The van der Waals surface area contributed by atoms with Crippen molar-refractivity contribution in [3.8, 4) is 0 Å². The first-order chi connectivity index (χ1) is 6.15. The molecule has 6 heteroatoms. The number of ether oxygens (including phenoxy) is 4. The Balaban J connectivity index is 3.89. The SMILES string of the molecule is COC(OC)OC(=O)C(C)O[C]=O. The molecule has 1 unspecified atom stereocenters. The Morgan fingerprint density at radius 1 is 1.31 bits per heavy atom. The molecule has 0 amide bonds. The molecule has 6 nitrogen and oxygen atoms in total. The van der Waals surface area contributed by atoms with Crippen molar-refractivity contribution in [3.63, 3.8) is 0 Å². The van der Waals surface area contributed by atoms with E-state index in [-0.39, 0.29) is 0 Å². The summed E-state index contributed by atoms with van der Waals surface area (Å²) in [6, 6.07) is 0. The predicted octanol–water partition coefficient (Wildman–Crippen LogP) is -0.422. The average molecular weight is 191 g/mol. The van der Waals surface area contributed by atoms with Crippen LogP contribution in [-0.2, 0) is 28.5 Å². The minimum absolute atomic E-state index is 0.767. The van der Waals surface area contributed by atoms with Gasteiger partial charge in [0.15, 0.2) is 6.10 Å². The van der Waals surface area contributed by atoms with E-state index < -0.39 is 18.5 Å². The van der Waals surface area contributed by atoms with E-state index in [1.54, 1.807) is 0 Å². The van der Waals surface area contributed by atoms with Crippen LogP contribution >= 0.6 is 0 Å². The highest BCUT2D eigenvalue weighted by Gasteiger charge is 2.20. The molecule has 13 heavy (non-hydrogen) atoms. The molecule has 0 bridgehead atoms. The Labute approximate surface area is 75.7 Å². The van der Waals surface area contributed by atoms with Crippen molar-refractivity contribution in [2.75, 3.05) is 14.2 Å². The van der Waals surface area contributed by atoms with E-state index >= 15 is 0 Å². The van der Waals surface area contributed by atoms with Gasteiger partial charge in [-0.1, -0.05) is 0 Å². The number of rotatable bonds is 6. The topological polar surface area (TPSA) is 71.1 Å². The zero-order valence-electron chi connectivity index (χ0n) is 7.60. The van der Waals surface area contributed by atoms with Crippen molar-refractivity contribution in [3.05, 3.63) is 0 Å². The number of methoxy groups -OCH3 is 2. The first-order valence-corrected chi connectivity index (χ1v) is 3.44. The smallest absolute Gasteiger partial charge is 0.418 e. The minimum Gasteiger partial charge on any atom is -0.442 e. The summed E-state index contributed by atoms with van der Waals surface area (Å²) in [4.78, 5) is 20.7. The molecule has 0 aromatic carbocycles. The summed E-state index contributed by atoms with van der Waals surface area (Å²) in [6.07, 6.45) is -1.02. The van der Waals surface area contributed by atoms with Crippen LogP contribution in [0.2, 0.25) is 0 Å². The van der Waals surface area contributed by atoms with Crippen LogP contribution in [0.4, 0.5) is 0 Å². The molecule has 0 aliphatic heterocycles. The number of carbonyl (C=O) groups excluding carboxylic acids is 2. The normalized spacial score (nSPS) is 12.3. The zero-order valence-corrected chi connectivity index (χ0v) is 7.60. The number of esters is 1. The van der Waals surface area contributed by atoms with Crippen LogP contribution in [0, 0.1) is 0 Å². The van der Waals surface area contributed by atoms with Crippen molar-refractivity contribution in [1.82, 2.24) is 0 Å². The number of carbonyl (C=O) groups is 1. The summed E-state index contributed by atoms with van der Waals surface area (Å²) in [5, 5.41) is 0. The second kappa shape index (κ2) is 6.38. The molecule has 0 saturated carbocycles.